The summed E-state index contributed by atoms with van der Waals surface area (Å²) >= 11 is 0.900. The number of carboxylic acids is 1. The summed E-state index contributed by atoms with van der Waals surface area (Å²) < 4.78 is 0. The lowest BCUT2D eigenvalue weighted by Gasteiger charge is -2.15. The van der Waals surface area contributed by atoms with Gasteiger partial charge < -0.3 is 26.2 Å². The van der Waals surface area contributed by atoms with E-state index in [-0.39, 0.29) is 28.7 Å². The second-order valence-corrected chi connectivity index (χ2v) is 8.27. The molecule has 3 rings (SSSR count). The molecule has 1 aromatic heterocycles. The normalized spacial score (nSPS) is 11.3. The Hall–Kier alpha value is -4.25. The van der Waals surface area contributed by atoms with Gasteiger partial charge >= 0.3 is 5.97 Å². The summed E-state index contributed by atoms with van der Waals surface area (Å²) in [6.07, 6.45) is -0.00322. The molecular weight excluding hydrogens is 460 g/mol. The van der Waals surface area contributed by atoms with Gasteiger partial charge in [0.15, 0.2) is 5.13 Å². The van der Waals surface area contributed by atoms with Gasteiger partial charge in [0.2, 0.25) is 5.91 Å². The summed E-state index contributed by atoms with van der Waals surface area (Å²) in [6.45, 7) is 1.24. The third kappa shape index (κ3) is 6.62. The number of nitrogens with one attached hydrogen (secondary N) is 3. The van der Waals surface area contributed by atoms with Crippen molar-refractivity contribution < 1.29 is 29.4 Å². The van der Waals surface area contributed by atoms with Crippen LogP contribution in [0.5, 0.6) is 5.75 Å². The number of carboxylic acid groups (broad SMARTS) is 1. The van der Waals surface area contributed by atoms with Gasteiger partial charge in [-0.25, -0.2) is 9.78 Å². The number of amides is 3. The number of aliphatic carboxylic acids is 1. The van der Waals surface area contributed by atoms with Crippen LogP contribution < -0.4 is 16.0 Å². The van der Waals surface area contributed by atoms with E-state index < -0.39 is 29.7 Å². The minimum absolute atomic E-state index is 0.00322. The molecule has 0 fully saturated rings. The molecule has 0 saturated carbocycles. The van der Waals surface area contributed by atoms with Crippen LogP contribution in [0.4, 0.5) is 5.13 Å². The summed E-state index contributed by atoms with van der Waals surface area (Å²) in [4.78, 5) is 53.0. The number of carbonyl (C=O) groups excluding carboxylic acids is 3. The van der Waals surface area contributed by atoms with Gasteiger partial charge in [-0.1, -0.05) is 41.7 Å². The largest absolute Gasteiger partial charge is 0.508 e. The molecule has 0 aliphatic heterocycles. The fourth-order valence-corrected chi connectivity index (χ4v) is 3.87. The highest BCUT2D eigenvalue weighted by Crippen LogP contribution is 2.23. The van der Waals surface area contributed by atoms with Crippen molar-refractivity contribution >= 4 is 40.2 Å². The average Bonchev–Trinajstić information content (AvgIpc) is 3.16. The van der Waals surface area contributed by atoms with Crippen molar-refractivity contribution in [2.24, 2.45) is 0 Å². The van der Waals surface area contributed by atoms with Gasteiger partial charge in [-0.2, -0.15) is 0 Å². The molecule has 1 atom stereocenters. The van der Waals surface area contributed by atoms with E-state index >= 15 is 0 Å². The number of benzene rings is 2. The predicted molar refractivity (Wildman–Crippen MR) is 125 cm³/mol. The van der Waals surface area contributed by atoms with E-state index in [9.17, 15) is 29.4 Å². The molecule has 0 saturated heterocycles. The number of thiazole rings is 1. The number of phenols is 1. The van der Waals surface area contributed by atoms with Gasteiger partial charge in [-0.3, -0.25) is 14.4 Å². The first-order chi connectivity index (χ1) is 16.2. The molecule has 176 valence electrons. The maximum Gasteiger partial charge on any atom is 0.328 e. The van der Waals surface area contributed by atoms with Crippen LogP contribution in [0.2, 0.25) is 0 Å². The smallest absolute Gasteiger partial charge is 0.328 e. The molecule has 34 heavy (non-hydrogen) atoms. The van der Waals surface area contributed by atoms with Crippen LogP contribution in [-0.2, 0) is 16.0 Å². The van der Waals surface area contributed by atoms with Crippen molar-refractivity contribution in [2.75, 3.05) is 11.9 Å². The third-order valence-corrected chi connectivity index (χ3v) is 5.70. The fourth-order valence-electron chi connectivity index (χ4n) is 2.99. The van der Waals surface area contributed by atoms with Crippen LogP contribution in [0.25, 0.3) is 0 Å². The third-order valence-electron chi connectivity index (χ3n) is 4.63. The minimum Gasteiger partial charge on any atom is -0.508 e. The minimum atomic E-state index is -1.37. The Morgan fingerprint density at radius 1 is 1.03 bits per heavy atom. The van der Waals surface area contributed by atoms with E-state index in [0.717, 1.165) is 11.3 Å². The lowest BCUT2D eigenvalue weighted by molar-refractivity contribution is -0.139. The molecule has 0 spiro atoms. The molecule has 1 heterocycles. The summed E-state index contributed by atoms with van der Waals surface area (Å²) in [5, 5.41) is 26.6. The number of carbonyl (C=O) groups is 4. The van der Waals surface area contributed by atoms with Crippen LogP contribution in [0.15, 0.2) is 54.6 Å². The van der Waals surface area contributed by atoms with Crippen molar-refractivity contribution in [2.45, 2.75) is 19.4 Å². The molecule has 0 aliphatic carbocycles. The van der Waals surface area contributed by atoms with Gasteiger partial charge in [0.25, 0.3) is 11.8 Å². The number of nitrogens with zero attached hydrogens (tertiary/aromatic N) is 1. The van der Waals surface area contributed by atoms with Gasteiger partial charge in [0.05, 0.1) is 12.1 Å². The van der Waals surface area contributed by atoms with E-state index in [1.54, 1.807) is 49.4 Å². The summed E-state index contributed by atoms with van der Waals surface area (Å²) in [5.41, 5.74) is 1.28. The highest BCUT2D eigenvalue weighted by molar-refractivity contribution is 7.17. The first-order valence-electron chi connectivity index (χ1n) is 10.1. The van der Waals surface area contributed by atoms with Crippen LogP contribution >= 0.6 is 11.3 Å². The topological polar surface area (TPSA) is 158 Å². The lowest BCUT2D eigenvalue weighted by Crippen LogP contribution is -2.48. The molecule has 0 unspecified atom stereocenters. The first kappa shape index (κ1) is 24.4. The molecule has 0 bridgehead atoms. The van der Waals surface area contributed by atoms with Crippen molar-refractivity contribution in [3.63, 3.8) is 0 Å². The van der Waals surface area contributed by atoms with Gasteiger partial charge in [-0.05, 0) is 36.8 Å². The zero-order valence-corrected chi connectivity index (χ0v) is 18.9. The predicted octanol–water partition coefficient (Wildman–Crippen LogP) is 1.95. The molecule has 2 aromatic carbocycles. The average molecular weight is 483 g/mol. The number of aromatic hydroxyl groups is 1. The second-order valence-electron chi connectivity index (χ2n) is 7.27. The maximum atomic E-state index is 12.7. The SMILES string of the molecule is Cc1nc(NC(=O)Cc2cccc(O)c2)sc1C(=O)N[C@@H](CNC(=O)c1ccccc1)C(=O)O. The Labute approximate surface area is 198 Å². The molecule has 3 amide bonds. The molecule has 11 heteroatoms. The molecule has 0 radical (unpaired) electrons. The second kappa shape index (κ2) is 11.1. The molecular formula is C23H22N4O6S. The zero-order chi connectivity index (χ0) is 24.7. The van der Waals surface area contributed by atoms with E-state index in [0.29, 0.717) is 16.8 Å². The van der Waals surface area contributed by atoms with E-state index in [1.807, 2.05) is 0 Å². The van der Waals surface area contributed by atoms with Crippen LogP contribution in [0.1, 0.15) is 31.3 Å². The summed E-state index contributed by atoms with van der Waals surface area (Å²) in [6, 6.07) is 13.2. The van der Waals surface area contributed by atoms with Gasteiger partial charge in [0, 0.05) is 12.1 Å². The van der Waals surface area contributed by atoms with E-state index in [2.05, 4.69) is 20.9 Å². The summed E-state index contributed by atoms with van der Waals surface area (Å²) in [5.74, 6) is -2.82. The number of rotatable bonds is 9. The Kier molecular flexibility index (Phi) is 7.93. The van der Waals surface area contributed by atoms with Crippen LogP contribution in [-0.4, -0.2) is 51.5 Å². The van der Waals surface area contributed by atoms with E-state index in [1.165, 1.54) is 12.1 Å². The van der Waals surface area contributed by atoms with Crippen molar-refractivity contribution in [3.05, 3.63) is 76.3 Å². The van der Waals surface area contributed by atoms with Crippen molar-refractivity contribution in [1.82, 2.24) is 15.6 Å². The first-order valence-corrected chi connectivity index (χ1v) is 11.0. The maximum absolute atomic E-state index is 12.7. The van der Waals surface area contributed by atoms with E-state index in [4.69, 9.17) is 0 Å². The van der Waals surface area contributed by atoms with Crippen molar-refractivity contribution in [3.8, 4) is 5.75 Å². The molecule has 5 N–H and O–H groups in total. The van der Waals surface area contributed by atoms with Gasteiger partial charge in [0.1, 0.15) is 16.7 Å². The number of aryl methyl sites for hydroxylation is 1. The van der Waals surface area contributed by atoms with Crippen LogP contribution in [0, 0.1) is 6.92 Å². The molecule has 0 aliphatic rings. The quantitative estimate of drug-likeness (QED) is 0.312. The zero-order valence-electron chi connectivity index (χ0n) is 18.1. The lowest BCUT2D eigenvalue weighted by atomic mass is 10.1. The monoisotopic (exact) mass is 482 g/mol. The highest BCUT2D eigenvalue weighted by Gasteiger charge is 2.24. The number of phenolic OH excluding ortho intramolecular Hbond substituents is 1. The Bertz CT molecular complexity index is 1210. The van der Waals surface area contributed by atoms with Crippen LogP contribution in [0.3, 0.4) is 0 Å². The van der Waals surface area contributed by atoms with Gasteiger partial charge in [-0.15, -0.1) is 0 Å². The highest BCUT2D eigenvalue weighted by atomic mass is 32.1. The Morgan fingerprint density at radius 2 is 1.76 bits per heavy atom. The Balaban J connectivity index is 1.60. The molecule has 10 nitrogen and oxygen atoms in total. The summed E-state index contributed by atoms with van der Waals surface area (Å²) in [7, 11) is 0. The number of hydrogen-bond acceptors (Lipinski definition) is 7. The number of aromatic nitrogens is 1. The Morgan fingerprint density at radius 3 is 2.44 bits per heavy atom. The molecule has 3 aromatic rings. The number of hydrogen-bond donors (Lipinski definition) is 5. The van der Waals surface area contributed by atoms with Crippen molar-refractivity contribution in [1.29, 1.82) is 0 Å². The number of anilines is 1. The standard InChI is InChI=1S/C23H22N4O6S/c1-13-19(34-23(25-13)27-18(29)11-14-6-5-9-16(28)10-14)21(31)26-17(22(32)33)12-24-20(30)15-7-3-2-4-8-15/h2-10,17,28H,11-12H2,1H3,(H,24,30)(H,26,31)(H,32,33)(H,25,27,29)/t17-/m0/s1. The fraction of sp³-hybridized carbons (Fsp3) is 0.174.